The summed E-state index contributed by atoms with van der Waals surface area (Å²) in [7, 11) is 0. The maximum absolute atomic E-state index is 12.5. The lowest BCUT2D eigenvalue weighted by Crippen LogP contribution is -2.50. The van der Waals surface area contributed by atoms with Gasteiger partial charge in [0.1, 0.15) is 0 Å². The predicted octanol–water partition coefficient (Wildman–Crippen LogP) is 2.23. The molecule has 1 aromatic rings. The fourth-order valence-electron chi connectivity index (χ4n) is 3.01. The van der Waals surface area contributed by atoms with E-state index in [2.05, 4.69) is 27.5 Å². The van der Waals surface area contributed by atoms with Gasteiger partial charge in [0.2, 0.25) is 0 Å². The van der Waals surface area contributed by atoms with Crippen molar-refractivity contribution in [1.82, 2.24) is 9.80 Å². The molecule has 2 aliphatic rings. The van der Waals surface area contributed by atoms with Crippen molar-refractivity contribution in [1.29, 1.82) is 0 Å². The first-order valence-electron chi connectivity index (χ1n) is 7.62. The van der Waals surface area contributed by atoms with Gasteiger partial charge in [0.05, 0.1) is 11.7 Å². The van der Waals surface area contributed by atoms with Crippen LogP contribution in [-0.2, 0) is 4.74 Å². The number of hydrogen-bond donors (Lipinski definition) is 0. The SMILES string of the molecule is O=C(c1ccccc1I)N1CCN(CC2CCCO2)CC1. The predicted molar refractivity (Wildman–Crippen MR) is 90.5 cm³/mol. The summed E-state index contributed by atoms with van der Waals surface area (Å²) in [6.45, 7) is 5.47. The molecule has 0 N–H and O–H groups in total. The summed E-state index contributed by atoms with van der Waals surface area (Å²) in [6.07, 6.45) is 2.78. The molecule has 3 rings (SSSR count). The first-order valence-corrected chi connectivity index (χ1v) is 8.69. The smallest absolute Gasteiger partial charge is 0.255 e. The van der Waals surface area contributed by atoms with Crippen LogP contribution in [0, 0.1) is 3.57 Å². The van der Waals surface area contributed by atoms with E-state index in [9.17, 15) is 4.79 Å². The van der Waals surface area contributed by atoms with Crippen LogP contribution in [0.5, 0.6) is 0 Å². The zero-order chi connectivity index (χ0) is 14.7. The standard InChI is InChI=1S/C16H21IN2O2/c17-15-6-2-1-5-14(15)16(20)19-9-7-18(8-10-19)12-13-4-3-11-21-13/h1-2,5-6,13H,3-4,7-12H2. The van der Waals surface area contributed by atoms with E-state index in [0.717, 1.165) is 48.5 Å². The molecule has 1 atom stereocenters. The van der Waals surface area contributed by atoms with Crippen LogP contribution in [-0.4, -0.2) is 61.1 Å². The molecule has 0 aliphatic carbocycles. The van der Waals surface area contributed by atoms with Gasteiger partial charge < -0.3 is 9.64 Å². The van der Waals surface area contributed by atoms with E-state index in [-0.39, 0.29) is 5.91 Å². The normalized spacial score (nSPS) is 23.5. The molecule has 21 heavy (non-hydrogen) atoms. The number of ether oxygens (including phenoxy) is 1. The largest absolute Gasteiger partial charge is 0.377 e. The number of nitrogens with zero attached hydrogens (tertiary/aromatic N) is 2. The third-order valence-corrected chi connectivity index (χ3v) is 5.19. The molecule has 0 aromatic heterocycles. The Kier molecular flexibility index (Phi) is 5.13. The van der Waals surface area contributed by atoms with Crippen molar-refractivity contribution >= 4 is 28.5 Å². The van der Waals surface area contributed by atoms with Gasteiger partial charge in [0.15, 0.2) is 0 Å². The Bertz CT molecular complexity index is 495. The monoisotopic (exact) mass is 400 g/mol. The highest BCUT2D eigenvalue weighted by atomic mass is 127. The second-order valence-corrected chi connectivity index (χ2v) is 6.87. The molecule has 2 fully saturated rings. The van der Waals surface area contributed by atoms with Crippen LogP contribution < -0.4 is 0 Å². The van der Waals surface area contributed by atoms with E-state index in [4.69, 9.17) is 4.74 Å². The maximum Gasteiger partial charge on any atom is 0.255 e. The van der Waals surface area contributed by atoms with E-state index >= 15 is 0 Å². The van der Waals surface area contributed by atoms with Gasteiger partial charge in [0.25, 0.3) is 5.91 Å². The van der Waals surface area contributed by atoms with E-state index in [1.54, 1.807) is 0 Å². The lowest BCUT2D eigenvalue weighted by Gasteiger charge is -2.35. The average Bonchev–Trinajstić information content (AvgIpc) is 3.01. The molecule has 1 aromatic carbocycles. The van der Waals surface area contributed by atoms with Crippen LogP contribution in [0.1, 0.15) is 23.2 Å². The molecule has 0 saturated carbocycles. The fraction of sp³-hybridized carbons (Fsp3) is 0.562. The number of amides is 1. The summed E-state index contributed by atoms with van der Waals surface area (Å²) in [5, 5.41) is 0. The van der Waals surface area contributed by atoms with E-state index < -0.39 is 0 Å². The first-order chi connectivity index (χ1) is 10.2. The Morgan fingerprint density at radius 3 is 2.67 bits per heavy atom. The van der Waals surface area contributed by atoms with E-state index in [1.807, 2.05) is 29.2 Å². The summed E-state index contributed by atoms with van der Waals surface area (Å²) >= 11 is 2.23. The number of benzene rings is 1. The minimum Gasteiger partial charge on any atom is -0.377 e. The Morgan fingerprint density at radius 2 is 2.00 bits per heavy atom. The molecular formula is C16H21IN2O2. The Balaban J connectivity index is 1.53. The summed E-state index contributed by atoms with van der Waals surface area (Å²) in [6, 6.07) is 7.81. The fourth-order valence-corrected chi connectivity index (χ4v) is 3.63. The molecule has 1 unspecified atom stereocenters. The molecule has 4 nitrogen and oxygen atoms in total. The molecule has 2 aliphatic heterocycles. The molecular weight excluding hydrogens is 379 g/mol. The second-order valence-electron chi connectivity index (χ2n) is 5.71. The van der Waals surface area contributed by atoms with Crippen LogP contribution in [0.3, 0.4) is 0 Å². The number of carbonyl (C=O) groups is 1. The summed E-state index contributed by atoms with van der Waals surface area (Å²) in [4.78, 5) is 17.0. The van der Waals surface area contributed by atoms with Crippen LogP contribution >= 0.6 is 22.6 Å². The van der Waals surface area contributed by atoms with Gasteiger partial charge in [-0.3, -0.25) is 9.69 Å². The van der Waals surface area contributed by atoms with Gasteiger partial charge in [0, 0.05) is 42.9 Å². The zero-order valence-electron chi connectivity index (χ0n) is 12.1. The maximum atomic E-state index is 12.5. The molecule has 1 amide bonds. The summed E-state index contributed by atoms with van der Waals surface area (Å²) in [5.74, 6) is 0.164. The lowest BCUT2D eigenvalue weighted by atomic mass is 10.1. The highest BCUT2D eigenvalue weighted by Gasteiger charge is 2.25. The van der Waals surface area contributed by atoms with Gasteiger partial charge in [-0.05, 0) is 47.6 Å². The van der Waals surface area contributed by atoms with Crippen molar-refractivity contribution in [2.24, 2.45) is 0 Å². The Hall–Kier alpha value is -0.660. The molecule has 5 heteroatoms. The zero-order valence-corrected chi connectivity index (χ0v) is 14.3. The highest BCUT2D eigenvalue weighted by molar-refractivity contribution is 14.1. The highest BCUT2D eigenvalue weighted by Crippen LogP contribution is 2.17. The Morgan fingerprint density at radius 1 is 1.24 bits per heavy atom. The number of hydrogen-bond acceptors (Lipinski definition) is 3. The molecule has 2 saturated heterocycles. The van der Waals surface area contributed by atoms with E-state index in [0.29, 0.717) is 6.10 Å². The lowest BCUT2D eigenvalue weighted by molar-refractivity contribution is 0.0432. The Labute approximate surface area is 139 Å². The molecule has 0 spiro atoms. The topological polar surface area (TPSA) is 32.8 Å². The van der Waals surface area contributed by atoms with Gasteiger partial charge in [-0.15, -0.1) is 0 Å². The van der Waals surface area contributed by atoms with Crippen molar-refractivity contribution in [3.8, 4) is 0 Å². The van der Waals surface area contributed by atoms with Crippen molar-refractivity contribution in [3.63, 3.8) is 0 Å². The summed E-state index contributed by atoms with van der Waals surface area (Å²) < 4.78 is 6.72. The molecule has 114 valence electrons. The van der Waals surface area contributed by atoms with Crippen molar-refractivity contribution in [2.75, 3.05) is 39.3 Å². The van der Waals surface area contributed by atoms with Gasteiger partial charge >= 0.3 is 0 Å². The number of carbonyl (C=O) groups excluding carboxylic acids is 1. The number of rotatable bonds is 3. The molecule has 2 heterocycles. The molecule has 0 radical (unpaired) electrons. The number of piperazine rings is 1. The third kappa shape index (κ3) is 3.76. The van der Waals surface area contributed by atoms with Crippen LogP contribution in [0.15, 0.2) is 24.3 Å². The minimum atomic E-state index is 0.164. The summed E-state index contributed by atoms with van der Waals surface area (Å²) in [5.41, 5.74) is 0.825. The van der Waals surface area contributed by atoms with Crippen molar-refractivity contribution in [2.45, 2.75) is 18.9 Å². The third-order valence-electron chi connectivity index (χ3n) is 4.25. The van der Waals surface area contributed by atoms with Crippen LogP contribution in [0.2, 0.25) is 0 Å². The quantitative estimate of drug-likeness (QED) is 0.730. The van der Waals surface area contributed by atoms with Crippen molar-refractivity contribution in [3.05, 3.63) is 33.4 Å². The van der Waals surface area contributed by atoms with Crippen LogP contribution in [0.25, 0.3) is 0 Å². The average molecular weight is 400 g/mol. The van der Waals surface area contributed by atoms with Crippen LogP contribution in [0.4, 0.5) is 0 Å². The van der Waals surface area contributed by atoms with Gasteiger partial charge in [-0.2, -0.15) is 0 Å². The minimum absolute atomic E-state index is 0.164. The first kappa shape index (κ1) is 15.2. The van der Waals surface area contributed by atoms with E-state index in [1.165, 1.54) is 12.8 Å². The molecule has 0 bridgehead atoms. The van der Waals surface area contributed by atoms with Crippen molar-refractivity contribution < 1.29 is 9.53 Å². The van der Waals surface area contributed by atoms with Gasteiger partial charge in [-0.25, -0.2) is 0 Å². The second kappa shape index (κ2) is 7.07. The number of halogens is 1. The van der Waals surface area contributed by atoms with Gasteiger partial charge in [-0.1, -0.05) is 12.1 Å².